The standard InChI is InChI=1S/C9H9N3O2S/c1-12-6(3-4-11-12)8-10-5-7(15-8)9(13)14-2/h3-5H,1-2H3. The van der Waals surface area contributed by atoms with Gasteiger partial charge in [-0.3, -0.25) is 4.68 Å². The molecule has 0 radical (unpaired) electrons. The van der Waals surface area contributed by atoms with E-state index < -0.39 is 0 Å². The van der Waals surface area contributed by atoms with Crippen LogP contribution in [0.1, 0.15) is 9.67 Å². The number of hydrogen-bond acceptors (Lipinski definition) is 5. The number of nitrogens with zero attached hydrogens (tertiary/aromatic N) is 3. The number of ether oxygens (including phenoxy) is 1. The largest absolute Gasteiger partial charge is 0.465 e. The van der Waals surface area contributed by atoms with Gasteiger partial charge in [-0.25, -0.2) is 9.78 Å². The Morgan fingerprint density at radius 1 is 1.60 bits per heavy atom. The average molecular weight is 223 g/mol. The molecule has 0 atom stereocenters. The number of carbonyl (C=O) groups excluding carboxylic acids is 1. The van der Waals surface area contributed by atoms with Gasteiger partial charge in [-0.2, -0.15) is 5.10 Å². The number of esters is 1. The van der Waals surface area contributed by atoms with Gasteiger partial charge in [0.1, 0.15) is 9.88 Å². The van der Waals surface area contributed by atoms with Crippen LogP contribution >= 0.6 is 11.3 Å². The number of carbonyl (C=O) groups is 1. The first-order valence-corrected chi connectivity index (χ1v) is 5.06. The summed E-state index contributed by atoms with van der Waals surface area (Å²) in [4.78, 5) is 15.8. The third-order valence-electron chi connectivity index (χ3n) is 1.93. The van der Waals surface area contributed by atoms with Gasteiger partial charge >= 0.3 is 5.97 Å². The minimum Gasteiger partial charge on any atom is -0.465 e. The van der Waals surface area contributed by atoms with Crippen LogP contribution in [-0.4, -0.2) is 27.8 Å². The zero-order valence-corrected chi connectivity index (χ0v) is 9.11. The lowest BCUT2D eigenvalue weighted by Crippen LogP contribution is -1.96. The number of aryl methyl sites for hydroxylation is 1. The minimum absolute atomic E-state index is 0.360. The smallest absolute Gasteiger partial charge is 0.349 e. The fourth-order valence-corrected chi connectivity index (χ4v) is 2.06. The summed E-state index contributed by atoms with van der Waals surface area (Å²) >= 11 is 1.29. The van der Waals surface area contributed by atoms with Gasteiger partial charge in [-0.15, -0.1) is 11.3 Å². The maximum absolute atomic E-state index is 11.2. The van der Waals surface area contributed by atoms with Crippen molar-refractivity contribution >= 4 is 17.3 Å². The summed E-state index contributed by atoms with van der Waals surface area (Å²) in [5.41, 5.74) is 0.884. The maximum Gasteiger partial charge on any atom is 0.349 e. The van der Waals surface area contributed by atoms with Gasteiger partial charge in [0.2, 0.25) is 0 Å². The van der Waals surface area contributed by atoms with Crippen molar-refractivity contribution in [2.75, 3.05) is 7.11 Å². The topological polar surface area (TPSA) is 57.0 Å². The normalized spacial score (nSPS) is 10.3. The van der Waals surface area contributed by atoms with Crippen LogP contribution in [0.4, 0.5) is 0 Å². The Balaban J connectivity index is 2.36. The molecule has 5 nitrogen and oxygen atoms in total. The van der Waals surface area contributed by atoms with Gasteiger partial charge < -0.3 is 4.74 Å². The molecule has 0 aliphatic heterocycles. The summed E-state index contributed by atoms with van der Waals surface area (Å²) in [5, 5.41) is 4.79. The second-order valence-electron chi connectivity index (χ2n) is 2.86. The monoisotopic (exact) mass is 223 g/mol. The Morgan fingerprint density at radius 3 is 3.00 bits per heavy atom. The highest BCUT2D eigenvalue weighted by atomic mass is 32.1. The molecule has 0 aromatic carbocycles. The number of thiazole rings is 1. The van der Waals surface area contributed by atoms with Crippen LogP contribution in [0.2, 0.25) is 0 Å². The molecule has 2 rings (SSSR count). The van der Waals surface area contributed by atoms with E-state index in [4.69, 9.17) is 0 Å². The lowest BCUT2D eigenvalue weighted by Gasteiger charge is -1.95. The van der Waals surface area contributed by atoms with Crippen LogP contribution in [0, 0.1) is 0 Å². The van der Waals surface area contributed by atoms with E-state index in [1.807, 2.05) is 13.1 Å². The average Bonchev–Trinajstić information content (AvgIpc) is 2.84. The van der Waals surface area contributed by atoms with Crippen molar-refractivity contribution in [3.8, 4) is 10.7 Å². The number of rotatable bonds is 2. The van der Waals surface area contributed by atoms with E-state index in [9.17, 15) is 4.79 Å². The van der Waals surface area contributed by atoms with Crippen LogP contribution in [0.15, 0.2) is 18.5 Å². The Morgan fingerprint density at radius 2 is 2.40 bits per heavy atom. The van der Waals surface area contributed by atoms with E-state index in [1.165, 1.54) is 24.6 Å². The molecule has 6 heteroatoms. The molecule has 0 aliphatic rings. The molecular formula is C9H9N3O2S. The molecule has 15 heavy (non-hydrogen) atoms. The molecule has 2 aromatic heterocycles. The molecule has 0 amide bonds. The quantitative estimate of drug-likeness (QED) is 0.721. The Hall–Kier alpha value is -1.69. The Bertz CT molecular complexity index is 489. The molecule has 0 spiro atoms. The van der Waals surface area contributed by atoms with Crippen molar-refractivity contribution in [1.29, 1.82) is 0 Å². The summed E-state index contributed by atoms with van der Waals surface area (Å²) in [6.45, 7) is 0. The SMILES string of the molecule is COC(=O)c1cnc(-c2ccnn2C)s1. The van der Waals surface area contributed by atoms with Crippen LogP contribution < -0.4 is 0 Å². The van der Waals surface area contributed by atoms with Crippen LogP contribution in [-0.2, 0) is 11.8 Å². The highest BCUT2D eigenvalue weighted by Crippen LogP contribution is 2.24. The first-order valence-electron chi connectivity index (χ1n) is 4.25. The Labute approximate surface area is 90.3 Å². The van der Waals surface area contributed by atoms with Crippen molar-refractivity contribution in [3.63, 3.8) is 0 Å². The highest BCUT2D eigenvalue weighted by molar-refractivity contribution is 7.16. The van der Waals surface area contributed by atoms with E-state index in [-0.39, 0.29) is 5.97 Å². The van der Waals surface area contributed by atoms with Crippen molar-refractivity contribution in [1.82, 2.24) is 14.8 Å². The van der Waals surface area contributed by atoms with E-state index in [0.717, 1.165) is 10.7 Å². The number of methoxy groups -OCH3 is 1. The lowest BCUT2D eigenvalue weighted by atomic mass is 10.4. The van der Waals surface area contributed by atoms with Gasteiger partial charge in [0.05, 0.1) is 19.0 Å². The lowest BCUT2D eigenvalue weighted by molar-refractivity contribution is 0.0606. The second-order valence-corrected chi connectivity index (χ2v) is 3.89. The van der Waals surface area contributed by atoms with Crippen LogP contribution in [0.25, 0.3) is 10.7 Å². The van der Waals surface area contributed by atoms with E-state index in [2.05, 4.69) is 14.8 Å². The summed E-state index contributed by atoms with van der Waals surface area (Å²) in [5.74, 6) is -0.360. The molecule has 0 fully saturated rings. The zero-order chi connectivity index (χ0) is 10.8. The molecule has 0 unspecified atom stereocenters. The fraction of sp³-hybridized carbons (Fsp3) is 0.222. The van der Waals surface area contributed by atoms with Crippen molar-refractivity contribution in [2.45, 2.75) is 0 Å². The summed E-state index contributed by atoms with van der Waals surface area (Å²) < 4.78 is 6.31. The molecule has 0 saturated carbocycles. The molecular weight excluding hydrogens is 214 g/mol. The van der Waals surface area contributed by atoms with E-state index in [1.54, 1.807) is 10.9 Å². The van der Waals surface area contributed by atoms with Crippen molar-refractivity contribution in [2.24, 2.45) is 7.05 Å². The molecule has 0 saturated heterocycles. The minimum atomic E-state index is -0.360. The van der Waals surface area contributed by atoms with E-state index in [0.29, 0.717) is 4.88 Å². The molecule has 78 valence electrons. The summed E-state index contributed by atoms with van der Waals surface area (Å²) in [6, 6.07) is 1.85. The first kappa shape index (κ1) is 9.85. The van der Waals surface area contributed by atoms with Gasteiger partial charge in [-0.1, -0.05) is 0 Å². The van der Waals surface area contributed by atoms with Crippen LogP contribution in [0.3, 0.4) is 0 Å². The highest BCUT2D eigenvalue weighted by Gasteiger charge is 2.13. The molecule has 0 aliphatic carbocycles. The van der Waals surface area contributed by atoms with Gasteiger partial charge in [0.15, 0.2) is 0 Å². The van der Waals surface area contributed by atoms with Crippen molar-refractivity contribution in [3.05, 3.63) is 23.3 Å². The van der Waals surface area contributed by atoms with Crippen molar-refractivity contribution < 1.29 is 9.53 Å². The van der Waals surface area contributed by atoms with Crippen LogP contribution in [0.5, 0.6) is 0 Å². The predicted molar refractivity (Wildman–Crippen MR) is 55.7 cm³/mol. The molecule has 2 aromatic rings. The van der Waals surface area contributed by atoms with Gasteiger partial charge in [-0.05, 0) is 6.07 Å². The third-order valence-corrected chi connectivity index (χ3v) is 2.93. The number of aromatic nitrogens is 3. The third kappa shape index (κ3) is 1.75. The fourth-order valence-electron chi connectivity index (χ4n) is 1.17. The first-order chi connectivity index (χ1) is 7.22. The zero-order valence-electron chi connectivity index (χ0n) is 8.30. The predicted octanol–water partition coefficient (Wildman–Crippen LogP) is 1.33. The van der Waals surface area contributed by atoms with Gasteiger partial charge in [0, 0.05) is 13.2 Å². The van der Waals surface area contributed by atoms with E-state index >= 15 is 0 Å². The van der Waals surface area contributed by atoms with Gasteiger partial charge in [0.25, 0.3) is 0 Å². The molecule has 0 bridgehead atoms. The Kier molecular flexibility index (Phi) is 2.51. The summed E-state index contributed by atoms with van der Waals surface area (Å²) in [6.07, 6.45) is 3.20. The number of hydrogen-bond donors (Lipinski definition) is 0. The maximum atomic E-state index is 11.2. The second kappa shape index (κ2) is 3.82. The summed E-state index contributed by atoms with van der Waals surface area (Å²) in [7, 11) is 3.18. The molecule has 2 heterocycles. The molecule has 0 N–H and O–H groups in total.